The summed E-state index contributed by atoms with van der Waals surface area (Å²) in [6, 6.07) is 11.0. The van der Waals surface area contributed by atoms with Crippen LogP contribution in [0.25, 0.3) is 0 Å². The van der Waals surface area contributed by atoms with Gasteiger partial charge in [0.15, 0.2) is 0 Å². The van der Waals surface area contributed by atoms with Crippen molar-refractivity contribution in [2.45, 2.75) is 26.3 Å². The lowest BCUT2D eigenvalue weighted by Crippen LogP contribution is -2.32. The first-order chi connectivity index (χ1) is 11.1. The molecule has 120 valence electrons. The Kier molecular flexibility index (Phi) is 5.86. The van der Waals surface area contributed by atoms with Gasteiger partial charge in [0.05, 0.1) is 6.04 Å². The summed E-state index contributed by atoms with van der Waals surface area (Å²) in [7, 11) is 0. The fraction of sp³-hybridized carbons (Fsp3) is 0.278. The number of aryl methyl sites for hydroxylation is 1. The van der Waals surface area contributed by atoms with Gasteiger partial charge < -0.3 is 10.6 Å². The van der Waals surface area contributed by atoms with Crippen molar-refractivity contribution in [2.24, 2.45) is 0 Å². The van der Waals surface area contributed by atoms with E-state index in [2.05, 4.69) is 15.6 Å². The topological polar surface area (TPSA) is 71.1 Å². The second-order valence-electron chi connectivity index (χ2n) is 5.40. The van der Waals surface area contributed by atoms with Crippen LogP contribution in [0.1, 0.15) is 40.9 Å². The number of hydrogen-bond donors (Lipinski definition) is 2. The Morgan fingerprint density at radius 3 is 2.65 bits per heavy atom. The normalized spacial score (nSPS) is 11.6. The van der Waals surface area contributed by atoms with Gasteiger partial charge in [0.2, 0.25) is 5.91 Å². The van der Waals surface area contributed by atoms with Crippen LogP contribution in [-0.2, 0) is 4.79 Å². The van der Waals surface area contributed by atoms with E-state index >= 15 is 0 Å². The van der Waals surface area contributed by atoms with Gasteiger partial charge in [-0.2, -0.15) is 0 Å². The molecule has 1 aromatic carbocycles. The van der Waals surface area contributed by atoms with E-state index < -0.39 is 0 Å². The zero-order chi connectivity index (χ0) is 16.7. The molecular weight excluding hydrogens is 290 g/mol. The zero-order valence-electron chi connectivity index (χ0n) is 13.4. The van der Waals surface area contributed by atoms with Crippen molar-refractivity contribution in [2.75, 3.05) is 6.54 Å². The highest BCUT2D eigenvalue weighted by molar-refractivity contribution is 5.95. The summed E-state index contributed by atoms with van der Waals surface area (Å²) in [6.45, 7) is 4.09. The highest BCUT2D eigenvalue weighted by Crippen LogP contribution is 2.10. The minimum atomic E-state index is -0.156. The number of carbonyl (C=O) groups is 2. The van der Waals surface area contributed by atoms with Crippen LogP contribution in [0.3, 0.4) is 0 Å². The van der Waals surface area contributed by atoms with E-state index in [1.165, 1.54) is 0 Å². The van der Waals surface area contributed by atoms with Crippen LogP contribution in [0.5, 0.6) is 0 Å². The lowest BCUT2D eigenvalue weighted by Gasteiger charge is -2.14. The summed E-state index contributed by atoms with van der Waals surface area (Å²) in [5, 5.41) is 5.66. The van der Waals surface area contributed by atoms with Gasteiger partial charge >= 0.3 is 0 Å². The van der Waals surface area contributed by atoms with Gasteiger partial charge in [-0.15, -0.1) is 0 Å². The molecule has 1 heterocycles. The predicted octanol–water partition coefficient (Wildman–Crippen LogP) is 2.39. The molecule has 0 radical (unpaired) electrons. The first kappa shape index (κ1) is 16.7. The van der Waals surface area contributed by atoms with Gasteiger partial charge in [-0.3, -0.25) is 14.6 Å². The van der Waals surface area contributed by atoms with Crippen molar-refractivity contribution in [3.05, 3.63) is 65.5 Å². The Labute approximate surface area is 136 Å². The number of rotatable bonds is 6. The van der Waals surface area contributed by atoms with E-state index in [0.717, 1.165) is 11.1 Å². The van der Waals surface area contributed by atoms with Crippen LogP contribution in [0.4, 0.5) is 0 Å². The molecule has 2 rings (SSSR count). The molecule has 5 nitrogen and oxygen atoms in total. The first-order valence-electron chi connectivity index (χ1n) is 7.61. The van der Waals surface area contributed by atoms with Gasteiger partial charge in [-0.25, -0.2) is 0 Å². The number of amides is 2. The summed E-state index contributed by atoms with van der Waals surface area (Å²) >= 11 is 0. The number of aromatic nitrogens is 1. The molecule has 0 spiro atoms. The molecule has 0 saturated carbocycles. The van der Waals surface area contributed by atoms with Crippen molar-refractivity contribution in [1.29, 1.82) is 0 Å². The van der Waals surface area contributed by atoms with E-state index in [4.69, 9.17) is 0 Å². The number of carbonyl (C=O) groups excluding carboxylic acids is 2. The Morgan fingerprint density at radius 1 is 1.17 bits per heavy atom. The van der Waals surface area contributed by atoms with Crippen molar-refractivity contribution in [1.82, 2.24) is 15.6 Å². The molecule has 1 atom stereocenters. The summed E-state index contributed by atoms with van der Waals surface area (Å²) in [5.74, 6) is -0.261. The monoisotopic (exact) mass is 311 g/mol. The van der Waals surface area contributed by atoms with Crippen LogP contribution >= 0.6 is 0 Å². The third-order valence-corrected chi connectivity index (χ3v) is 3.59. The molecule has 5 heteroatoms. The molecule has 1 aromatic heterocycles. The largest absolute Gasteiger partial charge is 0.352 e. The fourth-order valence-electron chi connectivity index (χ4n) is 2.24. The lowest BCUT2D eigenvalue weighted by atomic mass is 10.1. The number of nitrogens with one attached hydrogen (secondary N) is 2. The molecule has 0 aliphatic heterocycles. The molecule has 0 aliphatic rings. The van der Waals surface area contributed by atoms with Gasteiger partial charge in [0, 0.05) is 30.9 Å². The van der Waals surface area contributed by atoms with Crippen molar-refractivity contribution in [3.63, 3.8) is 0 Å². The molecule has 0 saturated heterocycles. The third kappa shape index (κ3) is 4.92. The van der Waals surface area contributed by atoms with E-state index in [0.29, 0.717) is 12.1 Å². The quantitative estimate of drug-likeness (QED) is 0.860. The number of nitrogens with zero attached hydrogens (tertiary/aromatic N) is 1. The summed E-state index contributed by atoms with van der Waals surface area (Å²) in [4.78, 5) is 28.0. The summed E-state index contributed by atoms with van der Waals surface area (Å²) < 4.78 is 0. The van der Waals surface area contributed by atoms with Crippen LogP contribution < -0.4 is 10.6 Å². The van der Waals surface area contributed by atoms with Crippen LogP contribution in [0.2, 0.25) is 0 Å². The molecule has 23 heavy (non-hydrogen) atoms. The van der Waals surface area contributed by atoms with Crippen molar-refractivity contribution >= 4 is 11.8 Å². The molecule has 1 unspecified atom stereocenters. The minimum Gasteiger partial charge on any atom is -0.352 e. The smallest absolute Gasteiger partial charge is 0.251 e. The van der Waals surface area contributed by atoms with Gasteiger partial charge in [-0.05, 0) is 37.1 Å². The average molecular weight is 311 g/mol. The number of pyridine rings is 1. The highest BCUT2D eigenvalue weighted by Gasteiger charge is 2.11. The maximum Gasteiger partial charge on any atom is 0.251 e. The van der Waals surface area contributed by atoms with Gasteiger partial charge in [-0.1, -0.05) is 24.3 Å². The van der Waals surface area contributed by atoms with Crippen LogP contribution in [-0.4, -0.2) is 23.3 Å². The fourth-order valence-corrected chi connectivity index (χ4v) is 2.24. The van der Waals surface area contributed by atoms with E-state index in [1.807, 2.05) is 44.2 Å². The first-order valence-corrected chi connectivity index (χ1v) is 7.61. The summed E-state index contributed by atoms with van der Waals surface area (Å²) in [6.07, 6.45) is 3.66. The summed E-state index contributed by atoms with van der Waals surface area (Å²) in [5.41, 5.74) is 2.50. The Balaban J connectivity index is 1.77. The van der Waals surface area contributed by atoms with E-state index in [1.54, 1.807) is 18.5 Å². The van der Waals surface area contributed by atoms with Gasteiger partial charge in [0.25, 0.3) is 5.91 Å². The van der Waals surface area contributed by atoms with Crippen molar-refractivity contribution in [3.8, 4) is 0 Å². The second-order valence-corrected chi connectivity index (χ2v) is 5.40. The van der Waals surface area contributed by atoms with E-state index in [-0.39, 0.29) is 24.3 Å². The average Bonchev–Trinajstić information content (AvgIpc) is 2.56. The molecule has 0 aliphatic carbocycles. The predicted molar refractivity (Wildman–Crippen MR) is 88.9 cm³/mol. The van der Waals surface area contributed by atoms with Crippen LogP contribution in [0.15, 0.2) is 48.8 Å². The second kappa shape index (κ2) is 8.08. The molecule has 0 fully saturated rings. The third-order valence-electron chi connectivity index (χ3n) is 3.59. The molecule has 2 N–H and O–H groups in total. The van der Waals surface area contributed by atoms with E-state index in [9.17, 15) is 9.59 Å². The number of hydrogen-bond acceptors (Lipinski definition) is 3. The Hall–Kier alpha value is -2.69. The maximum absolute atomic E-state index is 12.0. The van der Waals surface area contributed by atoms with Crippen molar-refractivity contribution < 1.29 is 9.59 Å². The highest BCUT2D eigenvalue weighted by atomic mass is 16.2. The SMILES string of the molecule is Cc1ccccc1C(=O)NCCC(=O)NC(C)c1cccnc1. The maximum atomic E-state index is 12.0. The number of benzene rings is 1. The molecule has 2 amide bonds. The zero-order valence-corrected chi connectivity index (χ0v) is 13.4. The standard InChI is InChI=1S/C18H21N3O2/c1-13-6-3-4-8-16(13)18(23)20-11-9-17(22)21-14(2)15-7-5-10-19-12-15/h3-8,10,12,14H,9,11H2,1-2H3,(H,20,23)(H,21,22). The van der Waals surface area contributed by atoms with Gasteiger partial charge in [0.1, 0.15) is 0 Å². The Morgan fingerprint density at radius 2 is 1.96 bits per heavy atom. The molecule has 2 aromatic rings. The van der Waals surface area contributed by atoms with Crippen LogP contribution in [0, 0.1) is 6.92 Å². The lowest BCUT2D eigenvalue weighted by molar-refractivity contribution is -0.121. The minimum absolute atomic E-state index is 0.105. The molecule has 0 bridgehead atoms. The Bertz CT molecular complexity index is 671. The molecular formula is C18H21N3O2.